The first-order chi connectivity index (χ1) is 11.5. The monoisotopic (exact) mass is 333 g/mol. The van der Waals surface area contributed by atoms with Crippen molar-refractivity contribution in [3.8, 4) is 0 Å². The number of benzene rings is 1. The van der Waals surface area contributed by atoms with Crippen molar-refractivity contribution in [1.82, 2.24) is 4.98 Å². The van der Waals surface area contributed by atoms with Crippen LogP contribution in [0.1, 0.15) is 37.2 Å². The van der Waals surface area contributed by atoms with Crippen LogP contribution < -0.4 is 10.2 Å². The third-order valence-corrected chi connectivity index (χ3v) is 3.51. The van der Waals surface area contributed by atoms with E-state index in [1.165, 1.54) is 6.07 Å². The van der Waals surface area contributed by atoms with Crippen molar-refractivity contribution in [2.45, 2.75) is 26.7 Å². The normalized spacial score (nSPS) is 10.5. The van der Waals surface area contributed by atoms with Crippen molar-refractivity contribution in [3.63, 3.8) is 0 Å². The molecule has 0 spiro atoms. The fourth-order valence-corrected chi connectivity index (χ4v) is 2.43. The molecular formula is C18H21F2N3O. The summed E-state index contributed by atoms with van der Waals surface area (Å²) in [6, 6.07) is 6.53. The van der Waals surface area contributed by atoms with Crippen LogP contribution in [0.25, 0.3) is 0 Å². The summed E-state index contributed by atoms with van der Waals surface area (Å²) in [6.45, 7) is 5.95. The van der Waals surface area contributed by atoms with Gasteiger partial charge in [0.2, 0.25) is 0 Å². The highest BCUT2D eigenvalue weighted by Crippen LogP contribution is 2.18. The van der Waals surface area contributed by atoms with Crippen LogP contribution in [0.15, 0.2) is 36.5 Å². The third kappa shape index (κ3) is 4.50. The lowest BCUT2D eigenvalue weighted by Crippen LogP contribution is -2.25. The molecule has 1 N–H and O–H groups in total. The SMILES string of the molecule is CCCN(CCC)c1ccnc(C(=O)Nc2ccc(F)cc2F)c1. The maximum Gasteiger partial charge on any atom is 0.274 e. The van der Waals surface area contributed by atoms with Gasteiger partial charge in [0, 0.05) is 31.0 Å². The number of hydrogen-bond acceptors (Lipinski definition) is 3. The van der Waals surface area contributed by atoms with Crippen LogP contribution >= 0.6 is 0 Å². The number of rotatable bonds is 7. The van der Waals surface area contributed by atoms with Crippen LogP contribution in [-0.4, -0.2) is 24.0 Å². The van der Waals surface area contributed by atoms with Gasteiger partial charge in [0.25, 0.3) is 5.91 Å². The molecule has 0 bridgehead atoms. The fraction of sp³-hybridized carbons (Fsp3) is 0.333. The molecule has 0 saturated carbocycles. The minimum atomic E-state index is -0.821. The van der Waals surface area contributed by atoms with Crippen LogP contribution in [0.5, 0.6) is 0 Å². The molecule has 2 rings (SSSR count). The van der Waals surface area contributed by atoms with Gasteiger partial charge in [-0.2, -0.15) is 0 Å². The van der Waals surface area contributed by atoms with Gasteiger partial charge in [-0.1, -0.05) is 13.8 Å². The summed E-state index contributed by atoms with van der Waals surface area (Å²) < 4.78 is 26.6. The van der Waals surface area contributed by atoms with Gasteiger partial charge in [-0.25, -0.2) is 8.78 Å². The number of nitrogens with zero attached hydrogens (tertiary/aromatic N) is 2. The van der Waals surface area contributed by atoms with Gasteiger partial charge < -0.3 is 10.2 Å². The van der Waals surface area contributed by atoms with E-state index in [1.54, 1.807) is 12.3 Å². The number of halogens is 2. The number of carbonyl (C=O) groups excluding carboxylic acids is 1. The molecule has 0 aliphatic carbocycles. The largest absolute Gasteiger partial charge is 0.371 e. The Hall–Kier alpha value is -2.50. The minimum Gasteiger partial charge on any atom is -0.371 e. The van der Waals surface area contributed by atoms with Crippen LogP contribution in [0.3, 0.4) is 0 Å². The van der Waals surface area contributed by atoms with Crippen LogP contribution in [-0.2, 0) is 0 Å². The number of pyridine rings is 1. The second kappa shape index (κ2) is 8.38. The Balaban J connectivity index is 2.19. The topological polar surface area (TPSA) is 45.2 Å². The Kier molecular flexibility index (Phi) is 6.23. The number of hydrogen-bond donors (Lipinski definition) is 1. The Morgan fingerprint density at radius 1 is 1.12 bits per heavy atom. The van der Waals surface area contributed by atoms with Gasteiger partial charge >= 0.3 is 0 Å². The van der Waals surface area contributed by atoms with E-state index in [4.69, 9.17) is 0 Å². The zero-order chi connectivity index (χ0) is 17.5. The smallest absolute Gasteiger partial charge is 0.274 e. The highest BCUT2D eigenvalue weighted by atomic mass is 19.1. The number of carbonyl (C=O) groups is 1. The summed E-state index contributed by atoms with van der Waals surface area (Å²) in [7, 11) is 0. The van der Waals surface area contributed by atoms with Crippen LogP contribution in [0, 0.1) is 11.6 Å². The van der Waals surface area contributed by atoms with Crippen molar-refractivity contribution in [3.05, 3.63) is 53.9 Å². The van der Waals surface area contributed by atoms with E-state index >= 15 is 0 Å². The molecule has 0 unspecified atom stereocenters. The number of amides is 1. The lowest BCUT2D eigenvalue weighted by atomic mass is 10.2. The van der Waals surface area contributed by atoms with Gasteiger partial charge in [-0.15, -0.1) is 0 Å². The van der Waals surface area contributed by atoms with Gasteiger partial charge in [-0.3, -0.25) is 9.78 Å². The average Bonchev–Trinajstić information content (AvgIpc) is 2.57. The van der Waals surface area contributed by atoms with Gasteiger partial charge in [0.05, 0.1) is 5.69 Å². The molecule has 4 nitrogen and oxygen atoms in total. The standard InChI is InChI=1S/C18H21F2N3O/c1-3-9-23(10-4-2)14-7-8-21-17(12-14)18(24)22-16-6-5-13(19)11-15(16)20/h5-8,11-12H,3-4,9-10H2,1-2H3,(H,22,24). The molecule has 1 heterocycles. The Morgan fingerprint density at radius 2 is 1.83 bits per heavy atom. The van der Waals surface area contributed by atoms with Crippen LogP contribution in [0.2, 0.25) is 0 Å². The number of nitrogens with one attached hydrogen (secondary N) is 1. The van der Waals surface area contributed by atoms with Gasteiger partial charge in [-0.05, 0) is 37.1 Å². The number of anilines is 2. The fourth-order valence-electron chi connectivity index (χ4n) is 2.43. The molecule has 1 aromatic carbocycles. The van der Waals surface area contributed by atoms with E-state index in [-0.39, 0.29) is 11.4 Å². The first kappa shape index (κ1) is 17.8. The predicted molar refractivity (Wildman–Crippen MR) is 91.3 cm³/mol. The highest BCUT2D eigenvalue weighted by Gasteiger charge is 2.13. The van der Waals surface area contributed by atoms with E-state index in [0.717, 1.165) is 43.8 Å². The zero-order valence-corrected chi connectivity index (χ0v) is 13.9. The van der Waals surface area contributed by atoms with Crippen molar-refractivity contribution >= 4 is 17.3 Å². The first-order valence-electron chi connectivity index (χ1n) is 8.02. The average molecular weight is 333 g/mol. The summed E-state index contributed by atoms with van der Waals surface area (Å²) in [5.41, 5.74) is 1.01. The molecular weight excluding hydrogens is 312 g/mol. The first-order valence-corrected chi connectivity index (χ1v) is 8.02. The van der Waals surface area contributed by atoms with Crippen molar-refractivity contribution < 1.29 is 13.6 Å². The summed E-state index contributed by atoms with van der Waals surface area (Å²) >= 11 is 0. The van der Waals surface area contributed by atoms with Crippen molar-refractivity contribution in [2.75, 3.05) is 23.3 Å². The molecule has 24 heavy (non-hydrogen) atoms. The van der Waals surface area contributed by atoms with E-state index < -0.39 is 17.5 Å². The summed E-state index contributed by atoms with van der Waals surface area (Å²) in [5, 5.41) is 2.42. The second-order valence-corrected chi connectivity index (χ2v) is 5.46. The molecule has 0 atom stereocenters. The maximum atomic E-state index is 13.7. The molecule has 0 aliphatic heterocycles. The van der Waals surface area contributed by atoms with Gasteiger partial charge in [0.15, 0.2) is 0 Å². The molecule has 0 aliphatic rings. The zero-order valence-electron chi connectivity index (χ0n) is 13.9. The molecule has 0 saturated heterocycles. The lowest BCUT2D eigenvalue weighted by Gasteiger charge is -2.23. The summed E-state index contributed by atoms with van der Waals surface area (Å²) in [6.07, 6.45) is 3.54. The summed E-state index contributed by atoms with van der Waals surface area (Å²) in [4.78, 5) is 18.5. The Morgan fingerprint density at radius 3 is 2.46 bits per heavy atom. The van der Waals surface area contributed by atoms with E-state index in [2.05, 4.69) is 29.0 Å². The highest BCUT2D eigenvalue weighted by molar-refractivity contribution is 6.03. The van der Waals surface area contributed by atoms with E-state index in [0.29, 0.717) is 0 Å². The Bertz CT molecular complexity index is 700. The molecule has 2 aromatic rings. The van der Waals surface area contributed by atoms with Gasteiger partial charge in [0.1, 0.15) is 17.3 Å². The van der Waals surface area contributed by atoms with Crippen molar-refractivity contribution in [1.29, 1.82) is 0 Å². The van der Waals surface area contributed by atoms with Crippen molar-refractivity contribution in [2.24, 2.45) is 0 Å². The third-order valence-electron chi connectivity index (χ3n) is 3.51. The quantitative estimate of drug-likeness (QED) is 0.824. The Labute approximate surface area is 140 Å². The lowest BCUT2D eigenvalue weighted by molar-refractivity contribution is 0.102. The predicted octanol–water partition coefficient (Wildman–Crippen LogP) is 4.24. The molecule has 1 amide bonds. The molecule has 128 valence electrons. The van der Waals surface area contributed by atoms with E-state index in [1.807, 2.05) is 6.07 Å². The minimum absolute atomic E-state index is 0.0763. The maximum absolute atomic E-state index is 13.7. The van der Waals surface area contributed by atoms with E-state index in [9.17, 15) is 13.6 Å². The molecule has 1 aromatic heterocycles. The molecule has 0 radical (unpaired) electrons. The van der Waals surface area contributed by atoms with Crippen LogP contribution in [0.4, 0.5) is 20.2 Å². The number of aromatic nitrogens is 1. The summed E-state index contributed by atoms with van der Waals surface area (Å²) in [5.74, 6) is -2.05. The second-order valence-electron chi connectivity index (χ2n) is 5.46. The molecule has 0 fully saturated rings. The molecule has 6 heteroatoms.